The Morgan fingerprint density at radius 3 is 1.32 bits per heavy atom. The summed E-state index contributed by atoms with van der Waals surface area (Å²) in [6.45, 7) is 23.9. The van der Waals surface area contributed by atoms with Crippen LogP contribution in [0, 0.1) is 0 Å². The summed E-state index contributed by atoms with van der Waals surface area (Å²) in [6.07, 6.45) is 2.17. The van der Waals surface area contributed by atoms with E-state index in [4.69, 9.17) is 27.4 Å². The van der Waals surface area contributed by atoms with Crippen LogP contribution in [0.1, 0.15) is 12.8 Å². The largest absolute Gasteiger partial charge is 0.503 e. The van der Waals surface area contributed by atoms with Gasteiger partial charge < -0.3 is 22.6 Å². The summed E-state index contributed by atoms with van der Waals surface area (Å²) in [7, 11) is -7.77. The summed E-state index contributed by atoms with van der Waals surface area (Å²) >= 11 is 0. The zero-order valence-corrected chi connectivity index (χ0v) is 21.4. The molecule has 0 aliphatic carbocycles. The third-order valence-electron chi connectivity index (χ3n) is 2.28. The summed E-state index contributed by atoms with van der Waals surface area (Å²) < 4.78 is 19.8. The van der Waals surface area contributed by atoms with Gasteiger partial charge in [-0.15, -0.1) is 6.58 Å². The molecule has 0 rings (SSSR count). The van der Waals surface area contributed by atoms with Crippen molar-refractivity contribution < 1.29 is 27.4 Å². The summed E-state index contributed by atoms with van der Waals surface area (Å²) in [5, 5.41) is 13.9. The van der Waals surface area contributed by atoms with E-state index in [1.807, 2.05) is 6.08 Å². The Bertz CT molecular complexity index is 365. The molecule has 0 amide bonds. The molecule has 2 N–H and O–H groups in total. The van der Waals surface area contributed by atoms with E-state index in [0.29, 0.717) is 0 Å². The van der Waals surface area contributed by atoms with Crippen molar-refractivity contribution in [3.05, 3.63) is 12.7 Å². The highest BCUT2D eigenvalue weighted by molar-refractivity contribution is 6.90. The molecule has 0 heterocycles. The highest BCUT2D eigenvalue weighted by atomic mass is 28.5. The van der Waals surface area contributed by atoms with E-state index in [2.05, 4.69) is 65.5 Å². The number of allylic oxidation sites excluding steroid dienone is 1. The van der Waals surface area contributed by atoms with Crippen LogP contribution in [0.4, 0.5) is 4.79 Å². The van der Waals surface area contributed by atoms with Gasteiger partial charge in [0.2, 0.25) is 0 Å². The molecule has 0 unspecified atom stereocenters. The minimum absolute atomic E-state index is 0.915. The molecular formula is C15H38O6Si4. The van der Waals surface area contributed by atoms with Crippen LogP contribution in [-0.2, 0) is 12.3 Å². The van der Waals surface area contributed by atoms with Crippen molar-refractivity contribution in [1.29, 1.82) is 0 Å². The second-order valence-electron chi connectivity index (χ2n) is 8.79. The molecule has 0 aliphatic rings. The average molecular weight is 427 g/mol. The molecule has 0 aromatic rings. The van der Waals surface area contributed by atoms with Crippen LogP contribution < -0.4 is 0 Å². The monoisotopic (exact) mass is 426 g/mol. The average Bonchev–Trinajstić information content (AvgIpc) is 2.19. The molecule has 0 aromatic carbocycles. The van der Waals surface area contributed by atoms with Gasteiger partial charge in [0.05, 0.1) is 0 Å². The molecule has 0 aliphatic heterocycles. The number of hydrogen-bond acceptors (Lipinski definition) is 4. The van der Waals surface area contributed by atoms with E-state index in [9.17, 15) is 0 Å². The smallest absolute Gasteiger partial charge is 0.450 e. The summed E-state index contributed by atoms with van der Waals surface area (Å²) in [4.78, 5) is 8.56. The fraction of sp³-hybridized carbons (Fsp3) is 0.800. The van der Waals surface area contributed by atoms with Gasteiger partial charge in [-0.25, -0.2) is 4.79 Å². The Balaban J connectivity index is 0. The zero-order chi connectivity index (χ0) is 20.5. The van der Waals surface area contributed by atoms with Crippen LogP contribution in [0.15, 0.2) is 12.7 Å². The standard InChI is InChI=1S/C14H36O3Si4.CH2O3/c1-11-12-13-14-21(15-18(2,3)4,16-19(5,6)7)17-20(8,9)10;2-1(3)4/h11H,1,12-14H2,2-10H3;(H2,2,3,4). The van der Waals surface area contributed by atoms with Gasteiger partial charge in [-0.2, -0.15) is 0 Å². The Labute approximate surface area is 158 Å². The lowest BCUT2D eigenvalue weighted by Gasteiger charge is -2.42. The van der Waals surface area contributed by atoms with Crippen molar-refractivity contribution in [2.45, 2.75) is 77.8 Å². The number of carboxylic acid groups (broad SMARTS) is 2. The van der Waals surface area contributed by atoms with Crippen LogP contribution in [0.5, 0.6) is 0 Å². The zero-order valence-electron chi connectivity index (χ0n) is 17.4. The molecule has 6 nitrogen and oxygen atoms in total. The molecule has 0 saturated heterocycles. The van der Waals surface area contributed by atoms with Gasteiger partial charge in [-0.3, -0.25) is 0 Å². The fourth-order valence-electron chi connectivity index (χ4n) is 2.08. The predicted molar refractivity (Wildman–Crippen MR) is 114 cm³/mol. The van der Waals surface area contributed by atoms with Gasteiger partial charge >= 0.3 is 15.0 Å². The van der Waals surface area contributed by atoms with E-state index in [0.717, 1.165) is 18.9 Å². The Hall–Kier alpha value is -0.242. The van der Waals surface area contributed by atoms with Crippen molar-refractivity contribution in [2.75, 3.05) is 0 Å². The van der Waals surface area contributed by atoms with Gasteiger partial charge in [0, 0.05) is 6.04 Å². The van der Waals surface area contributed by atoms with E-state index in [1.54, 1.807) is 0 Å². The van der Waals surface area contributed by atoms with E-state index in [-0.39, 0.29) is 0 Å². The van der Waals surface area contributed by atoms with Gasteiger partial charge in [0.15, 0.2) is 25.0 Å². The summed E-state index contributed by atoms with van der Waals surface area (Å²) in [5.41, 5.74) is 0. The van der Waals surface area contributed by atoms with Crippen molar-refractivity contribution in [2.24, 2.45) is 0 Å². The lowest BCUT2D eigenvalue weighted by atomic mass is 10.3. The number of unbranched alkanes of at least 4 members (excludes halogenated alkanes) is 1. The Kier molecular flexibility index (Phi) is 11.7. The first-order valence-electron chi connectivity index (χ1n) is 8.55. The van der Waals surface area contributed by atoms with Crippen LogP contribution in [0.25, 0.3) is 0 Å². The van der Waals surface area contributed by atoms with Crippen molar-refractivity contribution >= 4 is 39.9 Å². The molecular weight excluding hydrogens is 389 g/mol. The fourth-order valence-corrected chi connectivity index (χ4v) is 16.8. The first-order valence-corrected chi connectivity index (χ1v) is 20.7. The van der Waals surface area contributed by atoms with Crippen LogP contribution in [0.3, 0.4) is 0 Å². The second kappa shape index (κ2) is 10.8. The summed E-state index contributed by atoms with van der Waals surface area (Å²) in [5.74, 6) is 0. The quantitative estimate of drug-likeness (QED) is 0.266. The topological polar surface area (TPSA) is 85.2 Å². The molecule has 0 fully saturated rings. The number of rotatable bonds is 10. The molecule has 0 bridgehead atoms. The maximum Gasteiger partial charge on any atom is 0.503 e. The van der Waals surface area contributed by atoms with Gasteiger partial charge in [0.1, 0.15) is 0 Å². The minimum Gasteiger partial charge on any atom is -0.450 e. The van der Waals surface area contributed by atoms with Crippen LogP contribution >= 0.6 is 0 Å². The van der Waals surface area contributed by atoms with E-state index in [1.165, 1.54) is 0 Å². The predicted octanol–water partition coefficient (Wildman–Crippen LogP) is 5.67. The van der Waals surface area contributed by atoms with E-state index >= 15 is 0 Å². The molecule has 0 spiro atoms. The van der Waals surface area contributed by atoms with Crippen molar-refractivity contribution in [3.8, 4) is 0 Å². The molecule has 0 aromatic heterocycles. The lowest BCUT2D eigenvalue weighted by molar-refractivity contribution is 0.137. The lowest BCUT2D eigenvalue weighted by Crippen LogP contribution is -2.60. The van der Waals surface area contributed by atoms with Gasteiger partial charge in [-0.05, 0) is 71.8 Å². The normalized spacial score (nSPS) is 13.0. The maximum atomic E-state index is 8.56. The molecule has 10 heteroatoms. The maximum absolute atomic E-state index is 8.56. The third-order valence-corrected chi connectivity index (χ3v) is 14.3. The van der Waals surface area contributed by atoms with Crippen LogP contribution in [-0.4, -0.2) is 50.1 Å². The third kappa shape index (κ3) is 19.9. The Morgan fingerprint density at radius 1 is 0.840 bits per heavy atom. The first-order chi connectivity index (χ1) is 10.9. The molecule has 0 atom stereocenters. The van der Waals surface area contributed by atoms with Crippen LogP contribution in [0.2, 0.25) is 65.0 Å². The second-order valence-corrected chi connectivity index (χ2v) is 25.8. The molecule has 150 valence electrons. The minimum atomic E-state index is -2.60. The summed E-state index contributed by atoms with van der Waals surface area (Å²) in [6, 6.07) is 0.915. The highest BCUT2D eigenvalue weighted by Gasteiger charge is 2.49. The highest BCUT2D eigenvalue weighted by Crippen LogP contribution is 2.30. The number of carbonyl (C=O) groups is 1. The number of hydrogen-bond donors (Lipinski definition) is 2. The molecule has 0 saturated carbocycles. The molecule has 25 heavy (non-hydrogen) atoms. The Morgan fingerprint density at radius 2 is 1.12 bits per heavy atom. The van der Waals surface area contributed by atoms with Crippen molar-refractivity contribution in [1.82, 2.24) is 0 Å². The van der Waals surface area contributed by atoms with E-state index < -0.39 is 39.9 Å². The van der Waals surface area contributed by atoms with Gasteiger partial charge in [0.25, 0.3) is 0 Å². The van der Waals surface area contributed by atoms with Gasteiger partial charge in [-0.1, -0.05) is 6.08 Å². The SMILES string of the molecule is C=CCCC[Si](O[Si](C)(C)C)(O[Si](C)(C)C)O[Si](C)(C)C.O=C(O)O. The van der Waals surface area contributed by atoms with Crippen molar-refractivity contribution in [3.63, 3.8) is 0 Å². The first kappa shape index (κ1) is 27.0. The molecule has 0 radical (unpaired) electrons.